The molecule has 0 aromatic rings. The Balaban J connectivity index is 3.15. The van der Waals surface area contributed by atoms with Crippen LogP contribution >= 0.6 is 12.6 Å². The van der Waals surface area contributed by atoms with Gasteiger partial charge in [-0.15, -0.1) is 0 Å². The normalized spacial score (nSPS) is 12.4. The van der Waals surface area contributed by atoms with E-state index in [2.05, 4.69) is 17.9 Å². The first-order valence-electron chi connectivity index (χ1n) is 9.51. The number of amides is 1. The predicted molar refractivity (Wildman–Crippen MR) is 104 cm³/mol. The molecule has 0 aliphatic carbocycles. The highest BCUT2D eigenvalue weighted by Gasteiger charge is 2.06. The van der Waals surface area contributed by atoms with E-state index in [1.807, 2.05) is 13.8 Å². The molecule has 0 saturated heterocycles. The van der Waals surface area contributed by atoms with Crippen LogP contribution in [0.3, 0.4) is 0 Å². The Hall–Kier alpha value is -0.550. The van der Waals surface area contributed by atoms with Crippen LogP contribution in [0.5, 0.6) is 0 Å². The molecule has 0 fully saturated rings. The first kappa shape index (κ1) is 23.4. The minimum absolute atomic E-state index is 0.0142. The summed E-state index contributed by atoms with van der Waals surface area (Å²) in [6.45, 7) is 8.10. The van der Waals surface area contributed by atoms with Gasteiger partial charge in [0.2, 0.25) is 5.91 Å². The van der Waals surface area contributed by atoms with Crippen molar-refractivity contribution < 1.29 is 14.3 Å². The number of nitrogens with one attached hydrogen (secondary N) is 1. The average Bonchev–Trinajstić information content (AvgIpc) is 2.54. The van der Waals surface area contributed by atoms with Crippen LogP contribution in [-0.4, -0.2) is 36.7 Å². The van der Waals surface area contributed by atoms with Crippen LogP contribution in [0.4, 0.5) is 0 Å². The van der Waals surface area contributed by atoms with Crippen LogP contribution in [0.25, 0.3) is 0 Å². The topological polar surface area (TPSA) is 55.4 Å². The molecular weight excluding hydrogens is 322 g/mol. The number of carbonyl (C=O) groups excluding carboxylic acids is 2. The van der Waals surface area contributed by atoms with Gasteiger partial charge in [0.05, 0.1) is 5.25 Å². The van der Waals surface area contributed by atoms with Crippen LogP contribution in [-0.2, 0) is 14.3 Å². The number of Topliss-reactive ketones (excluding diaryl/α,β-unsaturated/α-hetero) is 1. The van der Waals surface area contributed by atoms with Crippen molar-refractivity contribution in [3.8, 4) is 0 Å². The maximum Gasteiger partial charge on any atom is 0.232 e. The Labute approximate surface area is 153 Å². The molecule has 0 aliphatic heterocycles. The minimum atomic E-state index is -0.224. The third kappa shape index (κ3) is 15.0. The van der Waals surface area contributed by atoms with E-state index in [0.29, 0.717) is 12.2 Å². The summed E-state index contributed by atoms with van der Waals surface area (Å²) in [6.07, 6.45) is 9.48. The number of hydrogen-bond donors (Lipinski definition) is 2. The van der Waals surface area contributed by atoms with Crippen molar-refractivity contribution in [3.05, 3.63) is 0 Å². The third-order valence-electron chi connectivity index (χ3n) is 4.00. The zero-order valence-electron chi connectivity index (χ0n) is 15.8. The number of hydrogen-bond acceptors (Lipinski definition) is 4. The van der Waals surface area contributed by atoms with E-state index in [4.69, 9.17) is 4.74 Å². The fourth-order valence-electron chi connectivity index (χ4n) is 2.29. The van der Waals surface area contributed by atoms with Crippen molar-refractivity contribution in [1.29, 1.82) is 0 Å². The summed E-state index contributed by atoms with van der Waals surface area (Å²) in [5, 5.41) is 2.65. The van der Waals surface area contributed by atoms with Gasteiger partial charge in [0.25, 0.3) is 0 Å². The Kier molecular flexibility index (Phi) is 15.6. The predicted octanol–water partition coefficient (Wildman–Crippen LogP) is 4.17. The fourth-order valence-corrected chi connectivity index (χ4v) is 2.38. The molecule has 0 radical (unpaired) electrons. The highest BCUT2D eigenvalue weighted by atomic mass is 32.1. The van der Waals surface area contributed by atoms with E-state index in [-0.39, 0.29) is 17.1 Å². The second kappa shape index (κ2) is 15.9. The van der Waals surface area contributed by atoms with Gasteiger partial charge in [0.15, 0.2) is 0 Å². The molecule has 0 spiro atoms. The van der Waals surface area contributed by atoms with Crippen molar-refractivity contribution >= 4 is 24.3 Å². The molecule has 0 aromatic heterocycles. The van der Waals surface area contributed by atoms with Crippen molar-refractivity contribution in [1.82, 2.24) is 5.32 Å². The molecule has 0 aromatic carbocycles. The average molecular weight is 360 g/mol. The smallest absolute Gasteiger partial charge is 0.232 e. The van der Waals surface area contributed by atoms with E-state index >= 15 is 0 Å². The van der Waals surface area contributed by atoms with Gasteiger partial charge < -0.3 is 10.1 Å². The molecule has 24 heavy (non-hydrogen) atoms. The van der Waals surface area contributed by atoms with Crippen LogP contribution < -0.4 is 5.32 Å². The summed E-state index contributed by atoms with van der Waals surface area (Å²) in [5.74, 6) is 0.556. The lowest BCUT2D eigenvalue weighted by molar-refractivity contribution is -0.122. The zero-order chi connectivity index (χ0) is 18.2. The molecule has 0 heterocycles. The Morgan fingerprint density at radius 1 is 0.875 bits per heavy atom. The molecule has 1 amide bonds. The van der Waals surface area contributed by atoms with Crippen LogP contribution in [0.1, 0.15) is 78.6 Å². The standard InChI is InChI=1S/C19H37NO3S/c1-16(2)18(21)12-8-7-11-15-23-14-10-6-4-5-9-13-20-19(22)17(3)24/h16-17,24H,4-15H2,1-3H3,(H,20,22). The van der Waals surface area contributed by atoms with Gasteiger partial charge in [-0.3, -0.25) is 9.59 Å². The molecular formula is C19H37NO3S. The maximum atomic E-state index is 11.5. The lowest BCUT2D eigenvalue weighted by Gasteiger charge is -2.07. The van der Waals surface area contributed by atoms with Crippen molar-refractivity contribution in [2.24, 2.45) is 5.92 Å². The van der Waals surface area contributed by atoms with Crippen molar-refractivity contribution in [3.63, 3.8) is 0 Å². The molecule has 0 bridgehead atoms. The number of ether oxygens (including phenoxy) is 1. The van der Waals surface area contributed by atoms with Gasteiger partial charge in [-0.25, -0.2) is 0 Å². The van der Waals surface area contributed by atoms with Gasteiger partial charge in [-0.2, -0.15) is 12.6 Å². The molecule has 1 N–H and O–H groups in total. The number of rotatable bonds is 16. The van der Waals surface area contributed by atoms with Gasteiger partial charge in [0.1, 0.15) is 5.78 Å². The Bertz CT molecular complexity index is 301. The molecule has 1 atom stereocenters. The van der Waals surface area contributed by atoms with E-state index in [1.165, 1.54) is 12.8 Å². The summed E-state index contributed by atoms with van der Waals surface area (Å²) < 4.78 is 5.62. The van der Waals surface area contributed by atoms with E-state index in [9.17, 15) is 9.59 Å². The molecule has 1 unspecified atom stereocenters. The van der Waals surface area contributed by atoms with E-state index in [0.717, 1.165) is 58.3 Å². The number of carbonyl (C=O) groups is 2. The molecule has 4 nitrogen and oxygen atoms in total. The first-order chi connectivity index (χ1) is 11.4. The largest absolute Gasteiger partial charge is 0.381 e. The number of unbranched alkanes of at least 4 members (excludes halogenated alkanes) is 6. The highest BCUT2D eigenvalue weighted by molar-refractivity contribution is 7.81. The Morgan fingerprint density at radius 2 is 1.42 bits per heavy atom. The van der Waals surface area contributed by atoms with Gasteiger partial charge in [-0.05, 0) is 32.6 Å². The lowest BCUT2D eigenvalue weighted by atomic mass is 10.0. The van der Waals surface area contributed by atoms with Crippen molar-refractivity contribution in [2.75, 3.05) is 19.8 Å². The van der Waals surface area contributed by atoms with Gasteiger partial charge in [0, 0.05) is 32.1 Å². The lowest BCUT2D eigenvalue weighted by Crippen LogP contribution is -2.30. The summed E-state index contributed by atoms with van der Waals surface area (Å²) in [4.78, 5) is 22.7. The van der Waals surface area contributed by atoms with Crippen LogP contribution in [0.15, 0.2) is 0 Å². The van der Waals surface area contributed by atoms with Crippen molar-refractivity contribution in [2.45, 2.75) is 83.8 Å². The molecule has 0 saturated carbocycles. The van der Waals surface area contributed by atoms with Gasteiger partial charge in [-0.1, -0.05) is 39.5 Å². The summed E-state index contributed by atoms with van der Waals surface area (Å²) in [7, 11) is 0. The SMILES string of the molecule is CC(C)C(=O)CCCCCOCCCCCCCNC(=O)C(C)S. The zero-order valence-corrected chi connectivity index (χ0v) is 16.7. The van der Waals surface area contributed by atoms with E-state index in [1.54, 1.807) is 6.92 Å². The monoisotopic (exact) mass is 359 g/mol. The quantitative estimate of drug-likeness (QED) is 0.321. The second-order valence-electron chi connectivity index (χ2n) is 6.78. The Morgan fingerprint density at radius 3 is 2.00 bits per heavy atom. The summed E-state index contributed by atoms with van der Waals surface area (Å²) >= 11 is 4.09. The first-order valence-corrected chi connectivity index (χ1v) is 10.0. The highest BCUT2D eigenvalue weighted by Crippen LogP contribution is 2.07. The van der Waals surface area contributed by atoms with E-state index < -0.39 is 0 Å². The molecule has 5 heteroatoms. The second-order valence-corrected chi connectivity index (χ2v) is 7.55. The molecule has 0 aliphatic rings. The number of thiol groups is 1. The number of ketones is 1. The van der Waals surface area contributed by atoms with Crippen LogP contribution in [0.2, 0.25) is 0 Å². The summed E-state index contributed by atoms with van der Waals surface area (Å²) in [5.41, 5.74) is 0. The third-order valence-corrected chi connectivity index (χ3v) is 4.23. The fraction of sp³-hybridized carbons (Fsp3) is 0.895. The van der Waals surface area contributed by atoms with Gasteiger partial charge >= 0.3 is 0 Å². The minimum Gasteiger partial charge on any atom is -0.381 e. The molecule has 142 valence electrons. The summed E-state index contributed by atoms with van der Waals surface area (Å²) in [6, 6.07) is 0. The maximum absolute atomic E-state index is 11.5. The molecule has 0 rings (SSSR count). The van der Waals surface area contributed by atoms with Crippen LogP contribution in [0, 0.1) is 5.92 Å².